The second kappa shape index (κ2) is 5.13. The minimum atomic E-state index is -0.250. The molecular formula is C13H19ClN4O. The lowest BCUT2D eigenvalue weighted by molar-refractivity contribution is 0.322. The Morgan fingerprint density at radius 1 is 1.47 bits per heavy atom. The zero-order valence-corrected chi connectivity index (χ0v) is 11.9. The van der Waals surface area contributed by atoms with Crippen LogP contribution in [0.15, 0.2) is 11.0 Å². The first-order chi connectivity index (χ1) is 9.13. The summed E-state index contributed by atoms with van der Waals surface area (Å²) in [6, 6.07) is 0.366. The van der Waals surface area contributed by atoms with Crippen LogP contribution < -0.4 is 10.9 Å². The maximum absolute atomic E-state index is 11.7. The average Bonchev–Trinajstić information content (AvgIpc) is 3.09. The number of nitrogens with zero attached hydrogens (tertiary/aromatic N) is 3. The molecule has 1 N–H and O–H groups in total. The van der Waals surface area contributed by atoms with Crippen molar-refractivity contribution in [2.24, 2.45) is 13.0 Å². The van der Waals surface area contributed by atoms with Crippen molar-refractivity contribution < 1.29 is 0 Å². The first kappa shape index (κ1) is 12.9. The van der Waals surface area contributed by atoms with Crippen molar-refractivity contribution >= 4 is 17.3 Å². The molecule has 1 aliphatic heterocycles. The Kier molecular flexibility index (Phi) is 3.50. The van der Waals surface area contributed by atoms with Gasteiger partial charge in [0.25, 0.3) is 5.56 Å². The first-order valence-corrected chi connectivity index (χ1v) is 7.22. The van der Waals surface area contributed by atoms with Gasteiger partial charge >= 0.3 is 0 Å². The molecule has 0 bridgehead atoms. The van der Waals surface area contributed by atoms with Crippen LogP contribution in [0, 0.1) is 5.92 Å². The van der Waals surface area contributed by atoms with Gasteiger partial charge in [-0.2, -0.15) is 5.10 Å². The summed E-state index contributed by atoms with van der Waals surface area (Å²) >= 11 is 6.06. The molecule has 1 aromatic heterocycles. The fourth-order valence-electron chi connectivity index (χ4n) is 2.61. The van der Waals surface area contributed by atoms with Crippen LogP contribution in [0.4, 0.5) is 5.69 Å². The Hall–Kier alpha value is -1.07. The second-order valence-corrected chi connectivity index (χ2v) is 6.01. The Balaban J connectivity index is 1.62. The van der Waals surface area contributed by atoms with Gasteiger partial charge in [0.2, 0.25) is 0 Å². The predicted octanol–water partition coefficient (Wildman–Crippen LogP) is 1.33. The van der Waals surface area contributed by atoms with E-state index >= 15 is 0 Å². The van der Waals surface area contributed by atoms with E-state index < -0.39 is 0 Å². The van der Waals surface area contributed by atoms with E-state index in [9.17, 15) is 4.79 Å². The van der Waals surface area contributed by atoms with Crippen molar-refractivity contribution in [1.29, 1.82) is 0 Å². The third kappa shape index (κ3) is 2.92. The van der Waals surface area contributed by atoms with Crippen molar-refractivity contribution in [3.8, 4) is 0 Å². The van der Waals surface area contributed by atoms with Crippen molar-refractivity contribution in [2.45, 2.75) is 25.3 Å². The summed E-state index contributed by atoms with van der Waals surface area (Å²) in [5.74, 6) is 0.924. The van der Waals surface area contributed by atoms with Crippen molar-refractivity contribution in [3.05, 3.63) is 21.6 Å². The SMILES string of the molecule is Cn1ncc(NC2CCN(CC3CC3)C2)c(Cl)c1=O. The molecule has 2 fully saturated rings. The number of hydrogen-bond donors (Lipinski definition) is 1. The van der Waals surface area contributed by atoms with E-state index in [1.54, 1.807) is 13.2 Å². The number of aromatic nitrogens is 2. The Labute approximate surface area is 117 Å². The van der Waals surface area contributed by atoms with Gasteiger partial charge < -0.3 is 10.2 Å². The van der Waals surface area contributed by atoms with Crippen molar-refractivity contribution in [2.75, 3.05) is 25.0 Å². The highest BCUT2D eigenvalue weighted by atomic mass is 35.5. The molecule has 19 heavy (non-hydrogen) atoms. The van der Waals surface area contributed by atoms with E-state index in [4.69, 9.17) is 11.6 Å². The standard InChI is InChI=1S/C13H19ClN4O/c1-17-13(19)12(14)11(6-15-17)16-10-4-5-18(8-10)7-9-2-3-9/h6,9-10,16H,2-5,7-8H2,1H3. The molecule has 2 heterocycles. The molecule has 0 radical (unpaired) electrons. The highest BCUT2D eigenvalue weighted by Gasteiger charge is 2.29. The molecular weight excluding hydrogens is 264 g/mol. The van der Waals surface area contributed by atoms with Gasteiger partial charge in [0, 0.05) is 32.7 Å². The molecule has 3 rings (SSSR count). The largest absolute Gasteiger partial charge is 0.378 e. The summed E-state index contributed by atoms with van der Waals surface area (Å²) in [7, 11) is 1.60. The van der Waals surface area contributed by atoms with Gasteiger partial charge in [0.1, 0.15) is 5.02 Å². The third-order valence-corrected chi connectivity index (χ3v) is 4.29. The number of nitrogens with one attached hydrogen (secondary N) is 1. The number of halogens is 1. The van der Waals surface area contributed by atoms with Crippen LogP contribution in [0.1, 0.15) is 19.3 Å². The molecule has 1 atom stereocenters. The first-order valence-electron chi connectivity index (χ1n) is 6.84. The van der Waals surface area contributed by atoms with Crippen LogP contribution in [-0.2, 0) is 7.05 Å². The number of aryl methyl sites for hydroxylation is 1. The minimum absolute atomic E-state index is 0.234. The lowest BCUT2D eigenvalue weighted by atomic mass is 10.2. The maximum Gasteiger partial charge on any atom is 0.287 e. The Bertz CT molecular complexity index is 526. The molecule has 1 unspecified atom stereocenters. The van der Waals surface area contributed by atoms with Crippen molar-refractivity contribution in [1.82, 2.24) is 14.7 Å². The predicted molar refractivity (Wildman–Crippen MR) is 75.7 cm³/mol. The lowest BCUT2D eigenvalue weighted by Crippen LogP contribution is -2.29. The van der Waals surface area contributed by atoms with E-state index in [1.807, 2.05) is 0 Å². The molecule has 1 aromatic rings. The van der Waals surface area contributed by atoms with E-state index in [0.717, 1.165) is 25.4 Å². The molecule has 104 valence electrons. The van der Waals surface area contributed by atoms with E-state index in [0.29, 0.717) is 11.7 Å². The normalized spacial score (nSPS) is 23.8. The summed E-state index contributed by atoms with van der Waals surface area (Å²) in [5.41, 5.74) is 0.405. The zero-order chi connectivity index (χ0) is 13.4. The number of likely N-dealkylation sites (tertiary alicyclic amines) is 1. The van der Waals surface area contributed by atoms with Crippen molar-refractivity contribution in [3.63, 3.8) is 0 Å². The Morgan fingerprint density at radius 2 is 2.26 bits per heavy atom. The topological polar surface area (TPSA) is 50.2 Å². The Morgan fingerprint density at radius 3 is 3.00 bits per heavy atom. The van der Waals surface area contributed by atoms with Gasteiger partial charge in [-0.15, -0.1) is 0 Å². The number of rotatable bonds is 4. The summed E-state index contributed by atoms with van der Waals surface area (Å²) < 4.78 is 1.25. The molecule has 1 saturated heterocycles. The highest BCUT2D eigenvalue weighted by molar-refractivity contribution is 6.32. The minimum Gasteiger partial charge on any atom is -0.378 e. The highest BCUT2D eigenvalue weighted by Crippen LogP contribution is 2.31. The van der Waals surface area contributed by atoms with Crippen LogP contribution in [0.3, 0.4) is 0 Å². The average molecular weight is 283 g/mol. The summed E-state index contributed by atoms with van der Waals surface area (Å²) in [5, 5.41) is 7.59. The molecule has 0 amide bonds. The van der Waals surface area contributed by atoms with Gasteiger partial charge in [-0.05, 0) is 25.2 Å². The monoisotopic (exact) mass is 282 g/mol. The number of hydrogen-bond acceptors (Lipinski definition) is 4. The van der Waals surface area contributed by atoms with Crippen LogP contribution >= 0.6 is 11.6 Å². The van der Waals surface area contributed by atoms with Crippen LogP contribution in [0.2, 0.25) is 5.02 Å². The van der Waals surface area contributed by atoms with Gasteiger partial charge in [-0.25, -0.2) is 4.68 Å². The fourth-order valence-corrected chi connectivity index (χ4v) is 2.84. The molecule has 5 nitrogen and oxygen atoms in total. The molecule has 6 heteroatoms. The summed E-state index contributed by atoms with van der Waals surface area (Å²) in [4.78, 5) is 14.2. The second-order valence-electron chi connectivity index (χ2n) is 5.63. The van der Waals surface area contributed by atoms with Gasteiger partial charge in [0.15, 0.2) is 0 Å². The molecule has 1 saturated carbocycles. The summed E-state index contributed by atoms with van der Waals surface area (Å²) in [6.07, 6.45) is 5.50. The molecule has 2 aliphatic rings. The molecule has 0 spiro atoms. The smallest absolute Gasteiger partial charge is 0.287 e. The van der Waals surface area contributed by atoms with Gasteiger partial charge in [-0.1, -0.05) is 11.6 Å². The van der Waals surface area contributed by atoms with E-state index in [-0.39, 0.29) is 10.6 Å². The quantitative estimate of drug-likeness (QED) is 0.905. The zero-order valence-electron chi connectivity index (χ0n) is 11.1. The van der Waals surface area contributed by atoms with Gasteiger partial charge in [0.05, 0.1) is 11.9 Å². The van der Waals surface area contributed by atoms with E-state index in [2.05, 4.69) is 15.3 Å². The summed E-state index contributed by atoms with van der Waals surface area (Å²) in [6.45, 7) is 3.38. The third-order valence-electron chi connectivity index (χ3n) is 3.92. The van der Waals surface area contributed by atoms with Gasteiger partial charge in [-0.3, -0.25) is 4.79 Å². The van der Waals surface area contributed by atoms with E-state index in [1.165, 1.54) is 24.1 Å². The molecule has 0 aromatic carbocycles. The number of anilines is 1. The fraction of sp³-hybridized carbons (Fsp3) is 0.692. The molecule has 1 aliphatic carbocycles. The van der Waals surface area contributed by atoms with Crippen LogP contribution in [0.25, 0.3) is 0 Å². The van der Waals surface area contributed by atoms with Crippen LogP contribution in [0.5, 0.6) is 0 Å². The maximum atomic E-state index is 11.7. The van der Waals surface area contributed by atoms with Crippen LogP contribution in [-0.4, -0.2) is 40.4 Å². The lowest BCUT2D eigenvalue weighted by Gasteiger charge is -2.17.